The molecule has 0 aliphatic carbocycles. The largest absolute Gasteiger partial charge is 0.391 e. The molecule has 1 fully saturated rings. The fourth-order valence-corrected chi connectivity index (χ4v) is 2.51. The number of piperidine rings is 1. The predicted octanol–water partition coefficient (Wildman–Crippen LogP) is 1.29. The summed E-state index contributed by atoms with van der Waals surface area (Å²) in [7, 11) is 0. The van der Waals surface area contributed by atoms with Crippen LogP contribution in [0.15, 0.2) is 0 Å². The second-order valence-electron chi connectivity index (χ2n) is 6.74. The molecule has 4 heteroatoms. The summed E-state index contributed by atoms with van der Waals surface area (Å²) in [5, 5.41) is 16.1. The maximum atomic E-state index is 12.0. The monoisotopic (exact) mass is 256 g/mol. The topological polar surface area (TPSA) is 61.4 Å². The van der Waals surface area contributed by atoms with E-state index in [1.807, 2.05) is 0 Å². The minimum Gasteiger partial charge on any atom is -0.391 e. The lowest BCUT2D eigenvalue weighted by Gasteiger charge is -2.28. The van der Waals surface area contributed by atoms with Crippen LogP contribution in [-0.4, -0.2) is 36.2 Å². The van der Waals surface area contributed by atoms with E-state index in [1.54, 1.807) is 0 Å². The highest BCUT2D eigenvalue weighted by Crippen LogP contribution is 2.20. The Morgan fingerprint density at radius 3 is 2.72 bits per heavy atom. The van der Waals surface area contributed by atoms with Gasteiger partial charge in [-0.25, -0.2) is 0 Å². The number of hydrogen-bond donors (Lipinski definition) is 3. The molecule has 18 heavy (non-hydrogen) atoms. The van der Waals surface area contributed by atoms with E-state index in [1.165, 1.54) is 0 Å². The Labute approximate surface area is 111 Å². The molecule has 3 N–H and O–H groups in total. The molecular formula is C14H28N2O2. The summed E-state index contributed by atoms with van der Waals surface area (Å²) in [4.78, 5) is 12.0. The molecule has 0 aromatic rings. The molecule has 0 bridgehead atoms. The molecule has 1 amide bonds. The van der Waals surface area contributed by atoms with Crippen LogP contribution in [0.1, 0.15) is 47.0 Å². The van der Waals surface area contributed by atoms with Gasteiger partial charge < -0.3 is 15.7 Å². The zero-order valence-corrected chi connectivity index (χ0v) is 12.1. The maximum absolute atomic E-state index is 12.0. The van der Waals surface area contributed by atoms with Crippen molar-refractivity contribution in [1.29, 1.82) is 0 Å². The molecule has 1 heterocycles. The van der Waals surface area contributed by atoms with Gasteiger partial charge in [-0.05, 0) is 38.1 Å². The summed E-state index contributed by atoms with van der Waals surface area (Å²) in [6.45, 7) is 9.65. The van der Waals surface area contributed by atoms with E-state index in [-0.39, 0.29) is 17.2 Å². The van der Waals surface area contributed by atoms with Gasteiger partial charge in [0.05, 0.1) is 6.10 Å². The van der Waals surface area contributed by atoms with Crippen LogP contribution >= 0.6 is 0 Å². The first-order valence-electron chi connectivity index (χ1n) is 6.97. The van der Waals surface area contributed by atoms with Gasteiger partial charge in [0.15, 0.2) is 0 Å². The van der Waals surface area contributed by atoms with Crippen LogP contribution in [0.3, 0.4) is 0 Å². The Morgan fingerprint density at radius 2 is 2.17 bits per heavy atom. The van der Waals surface area contributed by atoms with Crippen LogP contribution in [0.5, 0.6) is 0 Å². The molecule has 3 unspecified atom stereocenters. The van der Waals surface area contributed by atoms with Gasteiger partial charge in [0.25, 0.3) is 0 Å². The number of amides is 1. The van der Waals surface area contributed by atoms with Crippen molar-refractivity contribution in [3.8, 4) is 0 Å². The minimum absolute atomic E-state index is 0.0907. The van der Waals surface area contributed by atoms with E-state index < -0.39 is 6.10 Å². The van der Waals surface area contributed by atoms with Crippen molar-refractivity contribution < 1.29 is 9.90 Å². The van der Waals surface area contributed by atoms with Gasteiger partial charge in [-0.2, -0.15) is 0 Å². The zero-order valence-electron chi connectivity index (χ0n) is 12.1. The molecule has 0 aromatic carbocycles. The van der Waals surface area contributed by atoms with E-state index in [2.05, 4.69) is 38.3 Å². The lowest BCUT2D eigenvalue weighted by atomic mass is 9.89. The van der Waals surface area contributed by atoms with Gasteiger partial charge >= 0.3 is 0 Å². The smallest absolute Gasteiger partial charge is 0.223 e. The van der Waals surface area contributed by atoms with Gasteiger partial charge in [0.2, 0.25) is 5.91 Å². The summed E-state index contributed by atoms with van der Waals surface area (Å²) >= 11 is 0. The maximum Gasteiger partial charge on any atom is 0.223 e. The third-order valence-corrected chi connectivity index (χ3v) is 3.35. The Kier molecular flexibility index (Phi) is 5.60. The number of rotatable bonds is 4. The Morgan fingerprint density at radius 1 is 1.50 bits per heavy atom. The van der Waals surface area contributed by atoms with Gasteiger partial charge in [-0.3, -0.25) is 4.79 Å². The van der Waals surface area contributed by atoms with Gasteiger partial charge in [0, 0.05) is 18.5 Å². The Hall–Kier alpha value is -0.610. The molecule has 1 rings (SSSR count). The molecule has 3 atom stereocenters. The molecule has 4 nitrogen and oxygen atoms in total. The lowest BCUT2D eigenvalue weighted by molar-refractivity contribution is -0.126. The van der Waals surface area contributed by atoms with E-state index in [0.717, 1.165) is 19.4 Å². The van der Waals surface area contributed by atoms with E-state index in [9.17, 15) is 9.90 Å². The summed E-state index contributed by atoms with van der Waals surface area (Å²) in [6, 6.07) is 0.411. The Bertz CT molecular complexity index is 273. The van der Waals surface area contributed by atoms with Crippen molar-refractivity contribution >= 4 is 5.91 Å². The highest BCUT2D eigenvalue weighted by Gasteiger charge is 2.25. The average molecular weight is 256 g/mol. The first kappa shape index (κ1) is 15.4. The number of hydrogen-bond acceptors (Lipinski definition) is 3. The number of carbonyl (C=O) groups is 1. The van der Waals surface area contributed by atoms with Crippen molar-refractivity contribution in [2.24, 2.45) is 11.3 Å². The standard InChI is InChI=1S/C14H28N2O2/c1-10-7-11(5-6-15-10)13(18)16-9-12(17)8-14(2,3)4/h10-12,15,17H,5-9H2,1-4H3,(H,16,18). The fourth-order valence-electron chi connectivity index (χ4n) is 2.51. The molecule has 0 saturated carbocycles. The van der Waals surface area contributed by atoms with Gasteiger partial charge in [-0.1, -0.05) is 20.8 Å². The zero-order chi connectivity index (χ0) is 13.8. The normalized spacial score (nSPS) is 26.7. The number of aliphatic hydroxyl groups excluding tert-OH is 1. The quantitative estimate of drug-likeness (QED) is 0.710. The van der Waals surface area contributed by atoms with Crippen LogP contribution in [0.4, 0.5) is 0 Å². The van der Waals surface area contributed by atoms with Crippen molar-refractivity contribution in [1.82, 2.24) is 10.6 Å². The first-order valence-corrected chi connectivity index (χ1v) is 6.97. The second kappa shape index (κ2) is 6.53. The van der Waals surface area contributed by atoms with Crippen molar-refractivity contribution in [2.45, 2.75) is 59.1 Å². The summed E-state index contributed by atoms with van der Waals surface area (Å²) in [5.41, 5.74) is 0.0907. The Balaban J connectivity index is 2.28. The number of nitrogens with one attached hydrogen (secondary N) is 2. The number of carbonyl (C=O) groups excluding carboxylic acids is 1. The molecule has 1 aliphatic rings. The van der Waals surface area contributed by atoms with Crippen LogP contribution in [0.25, 0.3) is 0 Å². The van der Waals surface area contributed by atoms with Gasteiger partial charge in [-0.15, -0.1) is 0 Å². The van der Waals surface area contributed by atoms with Crippen LogP contribution in [0, 0.1) is 11.3 Å². The average Bonchev–Trinajstić information content (AvgIpc) is 2.23. The third-order valence-electron chi connectivity index (χ3n) is 3.35. The van der Waals surface area contributed by atoms with Crippen LogP contribution in [-0.2, 0) is 4.79 Å². The summed E-state index contributed by atoms with van der Waals surface area (Å²) in [5.74, 6) is 0.194. The van der Waals surface area contributed by atoms with Gasteiger partial charge in [0.1, 0.15) is 0 Å². The van der Waals surface area contributed by atoms with Crippen molar-refractivity contribution in [3.63, 3.8) is 0 Å². The SMILES string of the molecule is CC1CC(C(=O)NCC(O)CC(C)(C)C)CCN1. The fraction of sp³-hybridized carbons (Fsp3) is 0.929. The molecule has 106 valence electrons. The van der Waals surface area contributed by atoms with E-state index in [0.29, 0.717) is 19.0 Å². The lowest BCUT2D eigenvalue weighted by Crippen LogP contribution is -2.44. The second-order valence-corrected chi connectivity index (χ2v) is 6.74. The van der Waals surface area contributed by atoms with Crippen LogP contribution < -0.4 is 10.6 Å². The van der Waals surface area contributed by atoms with E-state index in [4.69, 9.17) is 0 Å². The molecule has 0 spiro atoms. The summed E-state index contributed by atoms with van der Waals surface area (Å²) < 4.78 is 0. The highest BCUT2D eigenvalue weighted by atomic mass is 16.3. The minimum atomic E-state index is -0.451. The van der Waals surface area contributed by atoms with Crippen LogP contribution in [0.2, 0.25) is 0 Å². The summed E-state index contributed by atoms with van der Waals surface area (Å²) in [6.07, 6.45) is 2.04. The van der Waals surface area contributed by atoms with E-state index >= 15 is 0 Å². The molecule has 1 saturated heterocycles. The van der Waals surface area contributed by atoms with Crippen molar-refractivity contribution in [3.05, 3.63) is 0 Å². The molecule has 0 aromatic heterocycles. The molecule has 1 aliphatic heterocycles. The molecule has 0 radical (unpaired) electrons. The third kappa shape index (κ3) is 5.83. The first-order chi connectivity index (χ1) is 8.28. The van der Waals surface area contributed by atoms with Crippen molar-refractivity contribution in [2.75, 3.05) is 13.1 Å². The highest BCUT2D eigenvalue weighted by molar-refractivity contribution is 5.78. The predicted molar refractivity (Wildman–Crippen MR) is 73.3 cm³/mol. The molecular weight excluding hydrogens is 228 g/mol. The number of aliphatic hydroxyl groups is 1.